The molecule has 0 saturated carbocycles. The number of benzene rings is 1. The Morgan fingerprint density at radius 3 is 2.86 bits per heavy atom. The smallest absolute Gasteiger partial charge is 0.303 e. The fourth-order valence-electron chi connectivity index (χ4n) is 4.60. The molecule has 37 heavy (non-hydrogen) atoms. The molecule has 1 N–H and O–H groups in total. The van der Waals surface area contributed by atoms with Gasteiger partial charge in [0.05, 0.1) is 24.9 Å². The van der Waals surface area contributed by atoms with Gasteiger partial charge in [-0.2, -0.15) is 4.31 Å². The van der Waals surface area contributed by atoms with Crippen LogP contribution in [0.4, 0.5) is 0 Å². The highest BCUT2D eigenvalue weighted by atomic mass is 32.2. The zero-order valence-electron chi connectivity index (χ0n) is 21.4. The number of carboxylic acid groups (broad SMARTS) is 1. The molecule has 198 valence electrons. The van der Waals surface area contributed by atoms with E-state index in [1.54, 1.807) is 10.7 Å². The molecule has 0 radical (unpaired) electrons. The summed E-state index contributed by atoms with van der Waals surface area (Å²) >= 11 is 0. The molecule has 0 bridgehead atoms. The average molecular weight is 528 g/mol. The van der Waals surface area contributed by atoms with Crippen LogP contribution in [0.5, 0.6) is 5.75 Å². The van der Waals surface area contributed by atoms with Crippen molar-refractivity contribution in [2.75, 3.05) is 6.54 Å². The Labute approximate surface area is 217 Å². The van der Waals surface area contributed by atoms with Crippen LogP contribution in [0.3, 0.4) is 0 Å². The highest BCUT2D eigenvalue weighted by Crippen LogP contribution is 2.33. The molecule has 1 aromatic carbocycles. The number of rotatable bonds is 10. The lowest BCUT2D eigenvalue weighted by Crippen LogP contribution is -2.35. The maximum atomic E-state index is 13.5. The van der Waals surface area contributed by atoms with Crippen molar-refractivity contribution in [2.24, 2.45) is 0 Å². The molecular formula is C26H33N5O5S. The highest BCUT2D eigenvalue weighted by molar-refractivity contribution is 7.89. The van der Waals surface area contributed by atoms with Gasteiger partial charge in [0.2, 0.25) is 10.0 Å². The third-order valence-electron chi connectivity index (χ3n) is 6.55. The number of sulfonamides is 1. The van der Waals surface area contributed by atoms with Crippen molar-refractivity contribution in [3.05, 3.63) is 65.2 Å². The van der Waals surface area contributed by atoms with E-state index in [2.05, 4.69) is 22.2 Å². The van der Waals surface area contributed by atoms with E-state index in [0.717, 1.165) is 35.3 Å². The molecule has 0 fully saturated rings. The van der Waals surface area contributed by atoms with E-state index in [0.29, 0.717) is 18.6 Å². The third-order valence-corrected chi connectivity index (χ3v) is 8.37. The maximum absolute atomic E-state index is 13.5. The molecule has 0 spiro atoms. The molecule has 0 aliphatic carbocycles. The molecule has 0 amide bonds. The lowest BCUT2D eigenvalue weighted by atomic mass is 9.88. The van der Waals surface area contributed by atoms with Crippen molar-refractivity contribution in [3.8, 4) is 5.75 Å². The second-order valence-electron chi connectivity index (χ2n) is 9.54. The van der Waals surface area contributed by atoms with Crippen LogP contribution in [-0.2, 0) is 34.3 Å². The molecule has 4 rings (SSSR count). The number of nitrogens with zero attached hydrogens (tertiary/aromatic N) is 5. The van der Waals surface area contributed by atoms with E-state index in [-0.39, 0.29) is 36.4 Å². The number of fused-ring (bicyclic) bond motifs is 1. The van der Waals surface area contributed by atoms with Gasteiger partial charge < -0.3 is 9.84 Å². The summed E-state index contributed by atoms with van der Waals surface area (Å²) in [6.07, 6.45) is 6.50. The standard InChI is InChI=1S/C26H33N5O5S/c1-4-11-30-17-23(28-29-30)8-7-21(13-26(32)33)20-6-5-18(2)22(12-20)16-31-15-19(3)36-24-9-10-27-14-25(24)37(31,34)35/h5-6,9-10,12,14,17,19,21H,4,7-8,11,13,15-16H2,1-3H3,(H,32,33)/t19-,21?/m1/s1. The molecule has 11 heteroatoms. The summed E-state index contributed by atoms with van der Waals surface area (Å²) < 4.78 is 36.0. The molecule has 2 aromatic heterocycles. The highest BCUT2D eigenvalue weighted by Gasteiger charge is 2.34. The Morgan fingerprint density at radius 2 is 2.11 bits per heavy atom. The van der Waals surface area contributed by atoms with Crippen LogP contribution in [0.25, 0.3) is 0 Å². The van der Waals surface area contributed by atoms with Gasteiger partial charge in [-0.15, -0.1) is 5.10 Å². The minimum Gasteiger partial charge on any atom is -0.488 e. The van der Waals surface area contributed by atoms with Crippen LogP contribution < -0.4 is 4.74 Å². The molecule has 10 nitrogen and oxygen atoms in total. The normalized spacial score (nSPS) is 18.0. The van der Waals surface area contributed by atoms with Crippen molar-refractivity contribution in [2.45, 2.75) is 76.5 Å². The Balaban J connectivity index is 1.58. The largest absolute Gasteiger partial charge is 0.488 e. The van der Waals surface area contributed by atoms with Gasteiger partial charge in [0.15, 0.2) is 0 Å². The number of hydrogen-bond acceptors (Lipinski definition) is 7. The number of aryl methyl sites for hydroxylation is 3. The van der Waals surface area contributed by atoms with Gasteiger partial charge in [0.1, 0.15) is 16.7 Å². The van der Waals surface area contributed by atoms with Crippen LogP contribution in [-0.4, -0.2) is 56.4 Å². The summed E-state index contributed by atoms with van der Waals surface area (Å²) in [6, 6.07) is 7.36. The first-order valence-corrected chi connectivity index (χ1v) is 13.9. The fraction of sp³-hybridized carbons (Fsp3) is 0.462. The number of ether oxygens (including phenoxy) is 1. The number of carbonyl (C=O) groups is 1. The van der Waals surface area contributed by atoms with Gasteiger partial charge in [-0.3, -0.25) is 14.5 Å². The van der Waals surface area contributed by atoms with Crippen LogP contribution in [0.2, 0.25) is 0 Å². The zero-order chi connectivity index (χ0) is 26.6. The SMILES string of the molecule is CCCn1cc(CCC(CC(=O)O)c2ccc(C)c(CN3C[C@@H](C)Oc4ccncc4S3(=O)=O)c2)nn1. The summed E-state index contributed by atoms with van der Waals surface area (Å²) in [6.45, 7) is 6.95. The number of aromatic nitrogens is 4. The van der Waals surface area contributed by atoms with Gasteiger partial charge in [-0.05, 0) is 61.8 Å². The number of aliphatic carboxylic acids is 1. The van der Waals surface area contributed by atoms with Crippen LogP contribution in [0.1, 0.15) is 61.4 Å². The van der Waals surface area contributed by atoms with Crippen LogP contribution >= 0.6 is 0 Å². The molecule has 3 heterocycles. The molecule has 1 aliphatic heterocycles. The number of carboxylic acids is 1. The fourth-order valence-corrected chi connectivity index (χ4v) is 6.16. The summed E-state index contributed by atoms with van der Waals surface area (Å²) in [5.74, 6) is -0.832. The van der Waals surface area contributed by atoms with Gasteiger partial charge >= 0.3 is 5.97 Å². The van der Waals surface area contributed by atoms with E-state index in [9.17, 15) is 18.3 Å². The molecule has 2 atom stereocenters. The zero-order valence-corrected chi connectivity index (χ0v) is 22.2. The van der Waals surface area contributed by atoms with Gasteiger partial charge in [0.25, 0.3) is 0 Å². The van der Waals surface area contributed by atoms with Crippen molar-refractivity contribution >= 4 is 16.0 Å². The topological polar surface area (TPSA) is 128 Å². The summed E-state index contributed by atoms with van der Waals surface area (Å²) in [5.41, 5.74) is 3.44. The molecule has 0 saturated heterocycles. The monoisotopic (exact) mass is 527 g/mol. The third kappa shape index (κ3) is 6.34. The van der Waals surface area contributed by atoms with E-state index in [1.165, 1.54) is 16.7 Å². The minimum atomic E-state index is -3.83. The van der Waals surface area contributed by atoms with Crippen molar-refractivity contribution in [3.63, 3.8) is 0 Å². The van der Waals surface area contributed by atoms with Gasteiger partial charge in [-0.1, -0.05) is 30.3 Å². The first-order chi connectivity index (χ1) is 17.7. The first-order valence-electron chi connectivity index (χ1n) is 12.5. The van der Waals surface area contributed by atoms with Gasteiger partial charge in [-0.25, -0.2) is 8.42 Å². The second kappa shape index (κ2) is 11.4. The first kappa shape index (κ1) is 26.7. The maximum Gasteiger partial charge on any atom is 0.303 e. The summed E-state index contributed by atoms with van der Waals surface area (Å²) in [4.78, 5) is 15.7. The second-order valence-corrected chi connectivity index (χ2v) is 11.4. The van der Waals surface area contributed by atoms with E-state index >= 15 is 0 Å². The summed E-state index contributed by atoms with van der Waals surface area (Å²) in [5, 5.41) is 17.9. The van der Waals surface area contributed by atoms with E-state index in [4.69, 9.17) is 4.74 Å². The predicted molar refractivity (Wildman–Crippen MR) is 137 cm³/mol. The lowest BCUT2D eigenvalue weighted by Gasteiger charge is -2.23. The van der Waals surface area contributed by atoms with Crippen LogP contribution in [0, 0.1) is 6.92 Å². The Hall–Kier alpha value is -3.31. The predicted octanol–water partition coefficient (Wildman–Crippen LogP) is 3.55. The van der Waals surface area contributed by atoms with E-state index in [1.807, 2.05) is 38.2 Å². The summed E-state index contributed by atoms with van der Waals surface area (Å²) in [7, 11) is -3.83. The molecule has 1 unspecified atom stereocenters. The Morgan fingerprint density at radius 1 is 1.30 bits per heavy atom. The Bertz CT molecular complexity index is 1360. The minimum absolute atomic E-state index is 0.0302. The number of pyridine rings is 1. The Kier molecular flexibility index (Phi) is 8.23. The van der Waals surface area contributed by atoms with E-state index < -0.39 is 16.0 Å². The van der Waals surface area contributed by atoms with Gasteiger partial charge in [0, 0.05) is 25.5 Å². The molecule has 1 aliphatic rings. The molecular weight excluding hydrogens is 494 g/mol. The molecule has 3 aromatic rings. The quantitative estimate of drug-likeness (QED) is 0.424. The van der Waals surface area contributed by atoms with Crippen molar-refractivity contribution in [1.29, 1.82) is 0 Å². The number of hydrogen-bond donors (Lipinski definition) is 1. The lowest BCUT2D eigenvalue weighted by molar-refractivity contribution is -0.137. The van der Waals surface area contributed by atoms with Crippen molar-refractivity contribution in [1.82, 2.24) is 24.3 Å². The van der Waals surface area contributed by atoms with Crippen LogP contribution in [0.15, 0.2) is 47.8 Å². The van der Waals surface area contributed by atoms with Crippen molar-refractivity contribution < 1.29 is 23.1 Å². The average Bonchev–Trinajstić information content (AvgIpc) is 3.26.